The number of piperidine rings is 1. The average Bonchev–Trinajstić information content (AvgIpc) is 2.74. The van der Waals surface area contributed by atoms with Gasteiger partial charge in [0, 0.05) is 35.6 Å². The molecule has 1 aliphatic rings. The predicted molar refractivity (Wildman–Crippen MR) is 120 cm³/mol. The summed E-state index contributed by atoms with van der Waals surface area (Å²) in [6, 6.07) is 13.7. The fourth-order valence-electron chi connectivity index (χ4n) is 3.49. The van der Waals surface area contributed by atoms with E-state index in [1.54, 1.807) is 18.2 Å². The maximum absolute atomic E-state index is 12.5. The van der Waals surface area contributed by atoms with E-state index < -0.39 is 0 Å². The minimum absolute atomic E-state index is 0.232. The van der Waals surface area contributed by atoms with Gasteiger partial charge in [0.05, 0.1) is 14.2 Å². The molecule has 154 valence electrons. The summed E-state index contributed by atoms with van der Waals surface area (Å²) >= 11 is 5.30. The summed E-state index contributed by atoms with van der Waals surface area (Å²) in [5, 5.41) is 5.98. The van der Waals surface area contributed by atoms with Crippen molar-refractivity contribution >= 4 is 34.6 Å². The molecule has 3 rings (SSSR count). The number of anilines is 2. The van der Waals surface area contributed by atoms with Gasteiger partial charge in [-0.1, -0.05) is 0 Å². The molecule has 1 amide bonds. The first-order chi connectivity index (χ1) is 14.0. The molecule has 0 radical (unpaired) electrons. The number of benzene rings is 2. The molecule has 29 heavy (non-hydrogen) atoms. The highest BCUT2D eigenvalue weighted by molar-refractivity contribution is 7.80. The molecule has 7 heteroatoms. The van der Waals surface area contributed by atoms with Crippen LogP contribution in [0.3, 0.4) is 0 Å². The zero-order valence-corrected chi connectivity index (χ0v) is 17.8. The Morgan fingerprint density at radius 1 is 1.07 bits per heavy atom. The third kappa shape index (κ3) is 5.38. The molecule has 2 aromatic carbocycles. The molecule has 1 fully saturated rings. The summed E-state index contributed by atoms with van der Waals surface area (Å²) in [5.74, 6) is 0.741. The summed E-state index contributed by atoms with van der Waals surface area (Å²) < 4.78 is 10.4. The van der Waals surface area contributed by atoms with Crippen LogP contribution in [0.5, 0.6) is 11.5 Å². The molecule has 1 saturated heterocycles. The van der Waals surface area contributed by atoms with Gasteiger partial charge in [0.1, 0.15) is 11.5 Å². The van der Waals surface area contributed by atoms with Gasteiger partial charge in [-0.3, -0.25) is 10.1 Å². The van der Waals surface area contributed by atoms with Crippen molar-refractivity contribution in [3.05, 3.63) is 48.0 Å². The second-order valence-corrected chi connectivity index (χ2v) is 7.50. The lowest BCUT2D eigenvalue weighted by Crippen LogP contribution is -2.37. The summed E-state index contributed by atoms with van der Waals surface area (Å²) in [4.78, 5) is 15.0. The van der Waals surface area contributed by atoms with Gasteiger partial charge in [0.15, 0.2) is 5.11 Å². The van der Waals surface area contributed by atoms with Gasteiger partial charge in [-0.15, -0.1) is 0 Å². The lowest BCUT2D eigenvalue weighted by Gasteiger charge is -2.35. The van der Waals surface area contributed by atoms with Crippen LogP contribution in [-0.2, 0) is 0 Å². The van der Waals surface area contributed by atoms with E-state index in [4.69, 9.17) is 21.7 Å². The van der Waals surface area contributed by atoms with Gasteiger partial charge in [0.25, 0.3) is 5.91 Å². The Hall–Kier alpha value is -2.80. The molecular formula is C22H27N3O3S. The number of amides is 1. The SMILES string of the molecule is COc1cc(OC)cc(C(=O)NC(=S)Nc2ccc(N3CCCC[C@@H]3C)cc2)c1. The van der Waals surface area contributed by atoms with E-state index in [0.717, 1.165) is 12.2 Å². The number of thiocarbonyl (C=S) groups is 1. The number of nitrogens with one attached hydrogen (secondary N) is 2. The molecule has 0 saturated carbocycles. The van der Waals surface area contributed by atoms with Crippen molar-refractivity contribution in [2.24, 2.45) is 0 Å². The second kappa shape index (κ2) is 9.60. The molecule has 0 spiro atoms. The van der Waals surface area contributed by atoms with Crippen molar-refractivity contribution in [3.63, 3.8) is 0 Å². The standard InChI is InChI=1S/C22H27N3O3S/c1-15-6-4-5-11-25(15)18-9-7-17(8-10-18)23-22(29)24-21(26)16-12-19(27-2)14-20(13-16)28-3/h7-10,12-15H,4-6,11H2,1-3H3,(H2,23,24,26,29)/t15-/m0/s1. The van der Waals surface area contributed by atoms with Crippen molar-refractivity contribution in [3.8, 4) is 11.5 Å². The van der Waals surface area contributed by atoms with E-state index in [0.29, 0.717) is 23.1 Å². The molecule has 0 bridgehead atoms. The summed E-state index contributed by atoms with van der Waals surface area (Å²) in [5.41, 5.74) is 2.44. The molecule has 1 heterocycles. The predicted octanol–water partition coefficient (Wildman–Crippen LogP) is 4.21. The Kier molecular flexibility index (Phi) is 6.93. The number of ether oxygens (including phenoxy) is 2. The largest absolute Gasteiger partial charge is 0.497 e. The van der Waals surface area contributed by atoms with Crippen molar-refractivity contribution in [2.75, 3.05) is 31.0 Å². The number of carbonyl (C=O) groups is 1. The summed E-state index contributed by atoms with van der Waals surface area (Å²) in [7, 11) is 3.08. The molecule has 0 unspecified atom stereocenters. The van der Waals surface area contributed by atoms with Crippen molar-refractivity contribution in [1.29, 1.82) is 0 Å². The van der Waals surface area contributed by atoms with E-state index in [9.17, 15) is 4.79 Å². The first-order valence-corrected chi connectivity index (χ1v) is 10.1. The van der Waals surface area contributed by atoms with Crippen LogP contribution in [0.15, 0.2) is 42.5 Å². The van der Waals surface area contributed by atoms with Crippen LogP contribution in [0.1, 0.15) is 36.5 Å². The summed E-state index contributed by atoms with van der Waals surface area (Å²) in [6.45, 7) is 3.36. The molecule has 1 atom stereocenters. The van der Waals surface area contributed by atoms with E-state index in [-0.39, 0.29) is 11.0 Å². The summed E-state index contributed by atoms with van der Waals surface area (Å²) in [6.07, 6.45) is 3.76. The molecule has 6 nitrogen and oxygen atoms in total. The minimum atomic E-state index is -0.335. The topological polar surface area (TPSA) is 62.8 Å². The van der Waals surface area contributed by atoms with Crippen molar-refractivity contribution in [1.82, 2.24) is 5.32 Å². The van der Waals surface area contributed by atoms with Crippen LogP contribution >= 0.6 is 12.2 Å². The van der Waals surface area contributed by atoms with Crippen LogP contribution in [-0.4, -0.2) is 37.8 Å². The number of methoxy groups -OCH3 is 2. The second-order valence-electron chi connectivity index (χ2n) is 7.09. The lowest BCUT2D eigenvalue weighted by molar-refractivity contribution is 0.0977. The highest BCUT2D eigenvalue weighted by Gasteiger charge is 2.18. The third-order valence-electron chi connectivity index (χ3n) is 5.10. The maximum Gasteiger partial charge on any atom is 0.257 e. The Balaban J connectivity index is 1.61. The highest BCUT2D eigenvalue weighted by Crippen LogP contribution is 2.26. The van der Waals surface area contributed by atoms with Gasteiger partial charge < -0.3 is 19.7 Å². The van der Waals surface area contributed by atoms with Crippen LogP contribution in [0.2, 0.25) is 0 Å². The molecule has 2 aromatic rings. The monoisotopic (exact) mass is 413 g/mol. The molecule has 0 aliphatic carbocycles. The smallest absolute Gasteiger partial charge is 0.257 e. The van der Waals surface area contributed by atoms with Crippen molar-refractivity contribution in [2.45, 2.75) is 32.2 Å². The van der Waals surface area contributed by atoms with E-state index >= 15 is 0 Å². The number of carbonyl (C=O) groups excluding carboxylic acids is 1. The number of hydrogen-bond acceptors (Lipinski definition) is 5. The Morgan fingerprint density at radius 3 is 2.31 bits per heavy atom. The highest BCUT2D eigenvalue weighted by atomic mass is 32.1. The fourth-order valence-corrected chi connectivity index (χ4v) is 3.70. The van der Waals surface area contributed by atoms with Gasteiger partial charge >= 0.3 is 0 Å². The normalized spacial score (nSPS) is 16.1. The van der Waals surface area contributed by atoms with Crippen molar-refractivity contribution < 1.29 is 14.3 Å². The number of nitrogens with zero attached hydrogens (tertiary/aromatic N) is 1. The van der Waals surface area contributed by atoms with Gasteiger partial charge in [-0.05, 0) is 74.8 Å². The lowest BCUT2D eigenvalue weighted by atomic mass is 10.0. The van der Waals surface area contributed by atoms with Gasteiger partial charge in [0.2, 0.25) is 0 Å². The molecular weight excluding hydrogens is 386 g/mol. The van der Waals surface area contributed by atoms with Crippen LogP contribution in [0.4, 0.5) is 11.4 Å². The fraction of sp³-hybridized carbons (Fsp3) is 0.364. The Bertz CT molecular complexity index is 848. The first kappa shape index (κ1) is 20.9. The Morgan fingerprint density at radius 2 is 1.72 bits per heavy atom. The van der Waals surface area contributed by atoms with Gasteiger partial charge in [-0.2, -0.15) is 0 Å². The van der Waals surface area contributed by atoms with Crippen LogP contribution in [0, 0.1) is 0 Å². The average molecular weight is 414 g/mol. The zero-order chi connectivity index (χ0) is 20.8. The first-order valence-electron chi connectivity index (χ1n) is 9.72. The van der Waals surface area contributed by atoms with E-state index in [2.05, 4.69) is 34.6 Å². The molecule has 2 N–H and O–H groups in total. The zero-order valence-electron chi connectivity index (χ0n) is 17.0. The van der Waals surface area contributed by atoms with E-state index in [1.165, 1.54) is 39.2 Å². The van der Waals surface area contributed by atoms with Gasteiger partial charge in [-0.25, -0.2) is 0 Å². The molecule has 0 aromatic heterocycles. The number of rotatable bonds is 5. The minimum Gasteiger partial charge on any atom is -0.497 e. The maximum atomic E-state index is 12.5. The Labute approximate surface area is 177 Å². The van der Waals surface area contributed by atoms with Crippen LogP contribution < -0.4 is 25.0 Å². The third-order valence-corrected chi connectivity index (χ3v) is 5.30. The quantitative estimate of drug-likeness (QED) is 0.716. The molecule has 1 aliphatic heterocycles. The van der Waals surface area contributed by atoms with E-state index in [1.807, 2.05) is 12.1 Å². The van der Waals surface area contributed by atoms with Crippen LogP contribution in [0.25, 0.3) is 0 Å². The number of hydrogen-bond donors (Lipinski definition) is 2.